The Balaban J connectivity index is 1.34. The highest BCUT2D eigenvalue weighted by molar-refractivity contribution is 5.90. The molecule has 8 aromatic rings. The minimum atomic E-state index is 0.930. The minimum absolute atomic E-state index is 0.930. The summed E-state index contributed by atoms with van der Waals surface area (Å²) in [6.07, 6.45) is 2.14. The Morgan fingerprint density at radius 2 is 0.952 bits per heavy atom. The van der Waals surface area contributed by atoms with Crippen LogP contribution in [0.15, 0.2) is 158 Å². The van der Waals surface area contributed by atoms with Crippen molar-refractivity contribution < 1.29 is 0 Å². The number of imidazole rings is 2. The van der Waals surface area contributed by atoms with Gasteiger partial charge in [0.1, 0.15) is 11.6 Å². The average molecular weight is 539 g/mol. The molecule has 42 heavy (non-hydrogen) atoms. The van der Waals surface area contributed by atoms with Crippen molar-refractivity contribution >= 4 is 16.6 Å². The number of aromatic nitrogens is 4. The fourth-order valence-corrected chi connectivity index (χ4v) is 5.74. The predicted octanol–water partition coefficient (Wildman–Crippen LogP) is 9.34. The normalized spacial score (nSPS) is 11.3. The van der Waals surface area contributed by atoms with E-state index in [1.807, 2.05) is 24.3 Å². The SMILES string of the molecule is c1ccc(-c2nc(-c3ccccc3)n3ccc(-c4ccc5nc(-c6ccccc6)n(-c6ccccc6)c5c4)cc23)cc1. The Morgan fingerprint density at radius 1 is 0.405 bits per heavy atom. The van der Waals surface area contributed by atoms with Gasteiger partial charge in [-0.2, -0.15) is 0 Å². The molecule has 3 heterocycles. The van der Waals surface area contributed by atoms with Crippen molar-refractivity contribution in [3.8, 4) is 50.8 Å². The maximum Gasteiger partial charge on any atom is 0.145 e. The van der Waals surface area contributed by atoms with Crippen molar-refractivity contribution in [3.63, 3.8) is 0 Å². The summed E-state index contributed by atoms with van der Waals surface area (Å²) < 4.78 is 4.45. The number of pyridine rings is 1. The molecule has 4 heteroatoms. The highest BCUT2D eigenvalue weighted by Gasteiger charge is 2.18. The van der Waals surface area contributed by atoms with Gasteiger partial charge in [-0.1, -0.05) is 115 Å². The van der Waals surface area contributed by atoms with E-state index in [0.717, 1.165) is 67.4 Å². The zero-order valence-electron chi connectivity index (χ0n) is 22.8. The van der Waals surface area contributed by atoms with Crippen LogP contribution in [0.4, 0.5) is 0 Å². The molecule has 0 aliphatic heterocycles. The molecule has 4 nitrogen and oxygen atoms in total. The first-order chi connectivity index (χ1) is 20.8. The van der Waals surface area contributed by atoms with Crippen molar-refractivity contribution in [2.75, 3.05) is 0 Å². The Morgan fingerprint density at radius 3 is 1.62 bits per heavy atom. The van der Waals surface area contributed by atoms with Crippen LogP contribution < -0.4 is 0 Å². The number of fused-ring (bicyclic) bond motifs is 2. The van der Waals surface area contributed by atoms with Gasteiger partial charge in [-0.15, -0.1) is 0 Å². The third-order valence-corrected chi connectivity index (χ3v) is 7.76. The second-order valence-corrected chi connectivity index (χ2v) is 10.4. The van der Waals surface area contributed by atoms with Gasteiger partial charge in [0.05, 0.1) is 22.2 Å². The van der Waals surface area contributed by atoms with Crippen molar-refractivity contribution in [1.29, 1.82) is 0 Å². The molecule has 8 rings (SSSR count). The van der Waals surface area contributed by atoms with Gasteiger partial charge in [0, 0.05) is 28.6 Å². The van der Waals surface area contributed by atoms with Crippen LogP contribution in [0.3, 0.4) is 0 Å². The minimum Gasteiger partial charge on any atom is -0.299 e. The third-order valence-electron chi connectivity index (χ3n) is 7.76. The number of hydrogen-bond acceptors (Lipinski definition) is 2. The number of para-hydroxylation sites is 1. The average Bonchev–Trinajstić information content (AvgIpc) is 3.65. The summed E-state index contributed by atoms with van der Waals surface area (Å²) in [6.45, 7) is 0. The summed E-state index contributed by atoms with van der Waals surface area (Å²) >= 11 is 0. The first-order valence-electron chi connectivity index (χ1n) is 14.1. The second-order valence-electron chi connectivity index (χ2n) is 10.4. The van der Waals surface area contributed by atoms with Crippen LogP contribution >= 0.6 is 0 Å². The molecule has 0 fully saturated rings. The molecule has 0 unspecified atom stereocenters. The number of rotatable bonds is 5. The monoisotopic (exact) mass is 538 g/mol. The number of benzene rings is 5. The van der Waals surface area contributed by atoms with E-state index >= 15 is 0 Å². The molecule has 0 amide bonds. The van der Waals surface area contributed by atoms with E-state index in [1.165, 1.54) is 0 Å². The summed E-state index contributed by atoms with van der Waals surface area (Å²) in [7, 11) is 0. The van der Waals surface area contributed by atoms with E-state index in [1.54, 1.807) is 0 Å². The molecule has 0 N–H and O–H groups in total. The Bertz CT molecular complexity index is 2150. The van der Waals surface area contributed by atoms with E-state index in [4.69, 9.17) is 9.97 Å². The van der Waals surface area contributed by atoms with Crippen molar-refractivity contribution in [3.05, 3.63) is 158 Å². The number of nitrogens with zero attached hydrogens (tertiary/aromatic N) is 4. The van der Waals surface area contributed by atoms with Crippen LogP contribution in [0.1, 0.15) is 0 Å². The van der Waals surface area contributed by atoms with Crippen LogP contribution in [0.2, 0.25) is 0 Å². The van der Waals surface area contributed by atoms with Crippen LogP contribution in [0.25, 0.3) is 67.4 Å². The van der Waals surface area contributed by atoms with Crippen molar-refractivity contribution in [2.45, 2.75) is 0 Å². The quantitative estimate of drug-likeness (QED) is 0.219. The zero-order valence-corrected chi connectivity index (χ0v) is 22.8. The lowest BCUT2D eigenvalue weighted by molar-refractivity contribution is 1.10. The van der Waals surface area contributed by atoms with Gasteiger partial charge in [-0.05, 0) is 47.5 Å². The van der Waals surface area contributed by atoms with Crippen LogP contribution in [0.5, 0.6) is 0 Å². The topological polar surface area (TPSA) is 35.1 Å². The molecule has 0 spiro atoms. The maximum atomic E-state index is 5.15. The summed E-state index contributed by atoms with van der Waals surface area (Å²) in [5.41, 5.74) is 10.7. The molecule has 0 radical (unpaired) electrons. The molecule has 0 bridgehead atoms. The van der Waals surface area contributed by atoms with Gasteiger partial charge >= 0.3 is 0 Å². The predicted molar refractivity (Wildman–Crippen MR) is 172 cm³/mol. The highest BCUT2D eigenvalue weighted by Crippen LogP contribution is 2.35. The van der Waals surface area contributed by atoms with Crippen molar-refractivity contribution in [1.82, 2.24) is 18.9 Å². The largest absolute Gasteiger partial charge is 0.299 e. The molecule has 5 aromatic carbocycles. The summed E-state index contributed by atoms with van der Waals surface area (Å²) in [4.78, 5) is 10.2. The highest BCUT2D eigenvalue weighted by atomic mass is 15.1. The van der Waals surface area contributed by atoms with Gasteiger partial charge in [-0.25, -0.2) is 9.97 Å². The summed E-state index contributed by atoms with van der Waals surface area (Å²) in [6, 6.07) is 52.6. The number of hydrogen-bond donors (Lipinski definition) is 0. The summed E-state index contributed by atoms with van der Waals surface area (Å²) in [5, 5.41) is 0. The third kappa shape index (κ3) is 4.09. The lowest BCUT2D eigenvalue weighted by atomic mass is 10.0. The molecule has 3 aromatic heterocycles. The van der Waals surface area contributed by atoms with Crippen molar-refractivity contribution in [2.24, 2.45) is 0 Å². The van der Waals surface area contributed by atoms with Crippen LogP contribution in [0, 0.1) is 0 Å². The fourth-order valence-electron chi connectivity index (χ4n) is 5.74. The second kappa shape index (κ2) is 10.0. The standard InChI is InChI=1S/C38H26N4/c1-5-13-27(14-6-1)36-35-26-31(23-24-41(35)37(40-36)28-15-7-2-8-16-28)30-21-22-33-34(25-30)42(32-19-11-4-12-20-32)38(39-33)29-17-9-3-10-18-29/h1-26H. The molecular formula is C38H26N4. The zero-order chi connectivity index (χ0) is 27.9. The smallest absolute Gasteiger partial charge is 0.145 e. The maximum absolute atomic E-state index is 5.15. The van der Waals surface area contributed by atoms with Crippen LogP contribution in [-0.2, 0) is 0 Å². The molecule has 198 valence electrons. The summed E-state index contributed by atoms with van der Waals surface area (Å²) in [5.74, 6) is 1.86. The van der Waals surface area contributed by atoms with Gasteiger partial charge in [-0.3, -0.25) is 8.97 Å². The first kappa shape index (κ1) is 24.1. The van der Waals surface area contributed by atoms with Gasteiger partial charge in [0.15, 0.2) is 0 Å². The van der Waals surface area contributed by atoms with E-state index in [9.17, 15) is 0 Å². The lowest BCUT2D eigenvalue weighted by Gasteiger charge is -2.11. The van der Waals surface area contributed by atoms with E-state index in [2.05, 4.69) is 143 Å². The van der Waals surface area contributed by atoms with E-state index in [0.29, 0.717) is 0 Å². The first-order valence-corrected chi connectivity index (χ1v) is 14.1. The molecule has 0 saturated carbocycles. The molecule has 0 saturated heterocycles. The van der Waals surface area contributed by atoms with E-state index in [-0.39, 0.29) is 0 Å². The van der Waals surface area contributed by atoms with Gasteiger partial charge in [0.25, 0.3) is 0 Å². The Kier molecular flexibility index (Phi) is 5.75. The molecule has 0 atom stereocenters. The fraction of sp³-hybridized carbons (Fsp3) is 0. The van der Waals surface area contributed by atoms with Gasteiger partial charge < -0.3 is 0 Å². The molecule has 0 aliphatic rings. The Hall–Kier alpha value is -5.74. The lowest BCUT2D eigenvalue weighted by Crippen LogP contribution is -1.97. The van der Waals surface area contributed by atoms with Crippen LogP contribution in [-0.4, -0.2) is 18.9 Å². The molecular weight excluding hydrogens is 512 g/mol. The van der Waals surface area contributed by atoms with Gasteiger partial charge in [0.2, 0.25) is 0 Å². The molecule has 0 aliphatic carbocycles. The van der Waals surface area contributed by atoms with E-state index < -0.39 is 0 Å². The Labute approximate surface area is 243 Å².